The van der Waals surface area contributed by atoms with Crippen LogP contribution in [0.4, 0.5) is 0 Å². The Labute approximate surface area is 97.1 Å². The lowest BCUT2D eigenvalue weighted by atomic mass is 9.98. The smallest absolute Gasteiger partial charge is 0.0633 e. The summed E-state index contributed by atoms with van der Waals surface area (Å²) < 4.78 is 0. The van der Waals surface area contributed by atoms with Crippen molar-refractivity contribution < 1.29 is 10.2 Å². The van der Waals surface area contributed by atoms with Crippen molar-refractivity contribution in [1.82, 2.24) is 5.32 Å². The monoisotopic (exact) mass is 223 g/mol. The maximum atomic E-state index is 9.25. The molecule has 0 amide bonds. The van der Waals surface area contributed by atoms with Gasteiger partial charge in [0.2, 0.25) is 0 Å². The van der Waals surface area contributed by atoms with Crippen LogP contribution in [0.15, 0.2) is 30.3 Å². The maximum absolute atomic E-state index is 9.25. The Morgan fingerprint density at radius 1 is 1.19 bits per heavy atom. The van der Waals surface area contributed by atoms with Crippen LogP contribution < -0.4 is 5.32 Å². The third kappa shape index (κ3) is 3.30. The van der Waals surface area contributed by atoms with Gasteiger partial charge in [0.05, 0.1) is 18.8 Å². The Morgan fingerprint density at radius 3 is 2.19 bits per heavy atom. The van der Waals surface area contributed by atoms with Gasteiger partial charge in [-0.15, -0.1) is 0 Å². The van der Waals surface area contributed by atoms with Crippen molar-refractivity contribution in [2.24, 2.45) is 0 Å². The molecule has 3 heteroatoms. The maximum Gasteiger partial charge on any atom is 0.0633 e. The highest BCUT2D eigenvalue weighted by molar-refractivity contribution is 5.19. The fraction of sp³-hybridized carbons (Fsp3) is 0.538. The quantitative estimate of drug-likeness (QED) is 0.684. The Bertz CT molecular complexity index is 296. The first kappa shape index (κ1) is 13.2. The zero-order valence-corrected chi connectivity index (χ0v) is 9.98. The molecule has 0 aliphatic carbocycles. The second-order valence-electron chi connectivity index (χ2n) is 4.39. The van der Waals surface area contributed by atoms with E-state index in [-0.39, 0.29) is 19.3 Å². The molecule has 1 aromatic carbocycles. The van der Waals surface area contributed by atoms with E-state index in [1.165, 1.54) is 5.56 Å². The van der Waals surface area contributed by atoms with Gasteiger partial charge in [-0.2, -0.15) is 0 Å². The largest absolute Gasteiger partial charge is 0.394 e. The number of hydrogen-bond acceptors (Lipinski definition) is 3. The number of rotatable bonds is 6. The zero-order chi connectivity index (χ0) is 12.0. The molecule has 1 atom stereocenters. The highest BCUT2D eigenvalue weighted by Crippen LogP contribution is 2.19. The Balaban J connectivity index is 2.77. The summed E-state index contributed by atoms with van der Waals surface area (Å²) in [6, 6.07) is 10.2. The van der Waals surface area contributed by atoms with Crippen LogP contribution in [0.1, 0.15) is 31.9 Å². The van der Waals surface area contributed by atoms with Gasteiger partial charge in [0.15, 0.2) is 0 Å². The van der Waals surface area contributed by atoms with Gasteiger partial charge in [-0.05, 0) is 18.9 Å². The van der Waals surface area contributed by atoms with Crippen LogP contribution in [0, 0.1) is 0 Å². The topological polar surface area (TPSA) is 52.5 Å². The van der Waals surface area contributed by atoms with Crippen LogP contribution in [-0.2, 0) is 0 Å². The molecule has 90 valence electrons. The van der Waals surface area contributed by atoms with E-state index >= 15 is 0 Å². The van der Waals surface area contributed by atoms with E-state index in [1.807, 2.05) is 25.1 Å². The van der Waals surface area contributed by atoms with Gasteiger partial charge >= 0.3 is 0 Å². The highest BCUT2D eigenvalue weighted by atomic mass is 16.3. The van der Waals surface area contributed by atoms with Crippen LogP contribution in [0.25, 0.3) is 0 Å². The van der Waals surface area contributed by atoms with E-state index in [0.29, 0.717) is 0 Å². The average molecular weight is 223 g/mol. The minimum atomic E-state index is -0.628. The molecule has 0 radical (unpaired) electrons. The summed E-state index contributed by atoms with van der Waals surface area (Å²) in [5.41, 5.74) is 0.550. The first-order valence-electron chi connectivity index (χ1n) is 5.69. The van der Waals surface area contributed by atoms with E-state index in [4.69, 9.17) is 0 Å². The van der Waals surface area contributed by atoms with Crippen molar-refractivity contribution in [2.45, 2.75) is 31.8 Å². The van der Waals surface area contributed by atoms with Crippen LogP contribution in [0.3, 0.4) is 0 Å². The van der Waals surface area contributed by atoms with Crippen LogP contribution in [0.5, 0.6) is 0 Å². The molecule has 0 fully saturated rings. The molecular formula is C13H21NO2. The lowest BCUT2D eigenvalue weighted by Crippen LogP contribution is -2.50. The number of aliphatic hydroxyl groups is 2. The summed E-state index contributed by atoms with van der Waals surface area (Å²) in [5.74, 6) is 0. The van der Waals surface area contributed by atoms with Gasteiger partial charge in [0.25, 0.3) is 0 Å². The lowest BCUT2D eigenvalue weighted by Gasteiger charge is -2.31. The molecule has 1 rings (SSSR count). The lowest BCUT2D eigenvalue weighted by molar-refractivity contribution is 0.0932. The Morgan fingerprint density at radius 2 is 1.75 bits per heavy atom. The molecule has 0 bridgehead atoms. The molecule has 0 heterocycles. The fourth-order valence-corrected chi connectivity index (χ4v) is 1.67. The molecule has 3 N–H and O–H groups in total. The molecule has 0 aromatic heterocycles. The molecule has 0 aliphatic rings. The van der Waals surface area contributed by atoms with E-state index < -0.39 is 5.54 Å². The van der Waals surface area contributed by atoms with Crippen molar-refractivity contribution in [3.63, 3.8) is 0 Å². The molecule has 3 nitrogen and oxygen atoms in total. The number of aliphatic hydroxyl groups excluding tert-OH is 2. The van der Waals surface area contributed by atoms with Gasteiger partial charge < -0.3 is 15.5 Å². The van der Waals surface area contributed by atoms with Crippen molar-refractivity contribution in [2.75, 3.05) is 13.2 Å². The third-order valence-corrected chi connectivity index (χ3v) is 2.83. The van der Waals surface area contributed by atoms with Gasteiger partial charge in [0, 0.05) is 6.04 Å². The van der Waals surface area contributed by atoms with E-state index in [9.17, 15) is 10.2 Å². The second-order valence-corrected chi connectivity index (χ2v) is 4.39. The molecule has 16 heavy (non-hydrogen) atoms. The van der Waals surface area contributed by atoms with Crippen LogP contribution in [0.2, 0.25) is 0 Å². The summed E-state index contributed by atoms with van der Waals surface area (Å²) in [7, 11) is 0. The SMILES string of the molecule is CCC(NC(C)(CO)CO)c1ccccc1. The predicted molar refractivity (Wildman–Crippen MR) is 65.2 cm³/mol. The number of nitrogens with one attached hydrogen (secondary N) is 1. The second kappa shape index (κ2) is 5.99. The summed E-state index contributed by atoms with van der Waals surface area (Å²) in [4.78, 5) is 0. The molecule has 0 spiro atoms. The van der Waals surface area contributed by atoms with Crippen molar-refractivity contribution in [3.05, 3.63) is 35.9 Å². The molecular weight excluding hydrogens is 202 g/mol. The normalized spacial score (nSPS) is 13.8. The summed E-state index contributed by atoms with van der Waals surface area (Å²) in [5, 5.41) is 21.8. The minimum absolute atomic E-state index is 0.0766. The average Bonchev–Trinajstić information content (AvgIpc) is 2.36. The van der Waals surface area contributed by atoms with Gasteiger partial charge in [-0.25, -0.2) is 0 Å². The minimum Gasteiger partial charge on any atom is -0.394 e. The summed E-state index contributed by atoms with van der Waals surface area (Å²) >= 11 is 0. The summed E-state index contributed by atoms with van der Waals surface area (Å²) in [6.45, 7) is 3.75. The van der Waals surface area contributed by atoms with Gasteiger partial charge in [0.1, 0.15) is 0 Å². The summed E-state index contributed by atoms with van der Waals surface area (Å²) in [6.07, 6.45) is 0.916. The van der Waals surface area contributed by atoms with Gasteiger partial charge in [-0.3, -0.25) is 0 Å². The Kier molecular flexibility index (Phi) is 4.93. The van der Waals surface area contributed by atoms with Gasteiger partial charge in [-0.1, -0.05) is 37.3 Å². The fourth-order valence-electron chi connectivity index (χ4n) is 1.67. The van der Waals surface area contributed by atoms with Crippen molar-refractivity contribution in [3.8, 4) is 0 Å². The predicted octanol–water partition coefficient (Wildman–Crippen LogP) is 1.47. The molecule has 0 saturated carbocycles. The Hall–Kier alpha value is -0.900. The number of benzene rings is 1. The molecule has 1 unspecified atom stereocenters. The van der Waals surface area contributed by atoms with Crippen molar-refractivity contribution >= 4 is 0 Å². The number of hydrogen-bond donors (Lipinski definition) is 3. The van der Waals surface area contributed by atoms with Crippen LogP contribution >= 0.6 is 0 Å². The standard InChI is InChI=1S/C13H21NO2/c1-3-12(11-7-5-4-6-8-11)14-13(2,9-15)10-16/h4-8,12,14-16H,3,9-10H2,1-2H3. The molecule has 0 aliphatic heterocycles. The van der Waals surface area contributed by atoms with E-state index in [1.54, 1.807) is 0 Å². The van der Waals surface area contributed by atoms with E-state index in [2.05, 4.69) is 24.4 Å². The van der Waals surface area contributed by atoms with Crippen LogP contribution in [-0.4, -0.2) is 29.0 Å². The molecule has 0 saturated heterocycles. The third-order valence-electron chi connectivity index (χ3n) is 2.83. The highest BCUT2D eigenvalue weighted by Gasteiger charge is 2.25. The van der Waals surface area contributed by atoms with Crippen molar-refractivity contribution in [1.29, 1.82) is 0 Å². The van der Waals surface area contributed by atoms with E-state index in [0.717, 1.165) is 6.42 Å². The zero-order valence-electron chi connectivity index (χ0n) is 9.98. The first-order chi connectivity index (χ1) is 7.65. The first-order valence-corrected chi connectivity index (χ1v) is 5.69. The molecule has 1 aromatic rings.